The van der Waals surface area contributed by atoms with Gasteiger partial charge in [0.05, 0.1) is 6.10 Å². The number of aliphatic hydroxyl groups excluding tert-OH is 2. The predicted molar refractivity (Wildman–Crippen MR) is 62.1 cm³/mol. The molecule has 0 heterocycles. The quantitative estimate of drug-likeness (QED) is 0.746. The number of rotatable bonds is 4. The number of alkyl halides is 1. The molecule has 3 N–H and O–H groups in total. The largest absolute Gasteiger partial charge is 0.508 e. The Morgan fingerprint density at radius 3 is 2.53 bits per heavy atom. The van der Waals surface area contributed by atoms with Crippen molar-refractivity contribution >= 4 is 27.5 Å². The van der Waals surface area contributed by atoms with Gasteiger partial charge in [-0.05, 0) is 18.6 Å². The number of halogens is 2. The average molecular weight is 296 g/mol. The van der Waals surface area contributed by atoms with Gasteiger partial charge < -0.3 is 15.3 Å². The number of benzene rings is 1. The van der Waals surface area contributed by atoms with E-state index in [1.165, 1.54) is 6.07 Å². The normalized spacial score (nSPS) is 14.9. The first-order chi connectivity index (χ1) is 7.06. The average Bonchev–Trinajstić information content (AvgIpc) is 2.17. The van der Waals surface area contributed by atoms with Crippen molar-refractivity contribution in [2.45, 2.75) is 18.6 Å². The lowest BCUT2D eigenvalue weighted by Gasteiger charge is -2.18. The molecule has 0 aromatic heterocycles. The van der Waals surface area contributed by atoms with Crippen LogP contribution in [0.1, 0.15) is 18.1 Å². The Morgan fingerprint density at radius 2 is 2.00 bits per heavy atom. The molecular weight excluding hydrogens is 283 g/mol. The van der Waals surface area contributed by atoms with Crippen LogP contribution < -0.4 is 0 Å². The lowest BCUT2D eigenvalue weighted by molar-refractivity contribution is 0.0157. The molecule has 1 aromatic rings. The van der Waals surface area contributed by atoms with Crippen LogP contribution in [-0.2, 0) is 0 Å². The van der Waals surface area contributed by atoms with Gasteiger partial charge in [0.1, 0.15) is 11.9 Å². The van der Waals surface area contributed by atoms with E-state index >= 15 is 0 Å². The summed E-state index contributed by atoms with van der Waals surface area (Å²) in [4.78, 5) is 0. The van der Waals surface area contributed by atoms with Gasteiger partial charge in [0.25, 0.3) is 0 Å². The lowest BCUT2D eigenvalue weighted by Crippen LogP contribution is -2.18. The number of aliphatic hydroxyl groups is 2. The Morgan fingerprint density at radius 1 is 1.33 bits per heavy atom. The van der Waals surface area contributed by atoms with Crippen molar-refractivity contribution in [1.82, 2.24) is 0 Å². The fourth-order valence-electron chi connectivity index (χ4n) is 1.24. The Balaban J connectivity index is 2.86. The first-order valence-corrected chi connectivity index (χ1v) is 5.79. The zero-order valence-electron chi connectivity index (χ0n) is 7.90. The van der Waals surface area contributed by atoms with Gasteiger partial charge in [0, 0.05) is 15.9 Å². The summed E-state index contributed by atoms with van der Waals surface area (Å²) in [7, 11) is 0. The molecule has 84 valence electrons. The molecule has 0 saturated heterocycles. The minimum atomic E-state index is -1.11. The van der Waals surface area contributed by atoms with Crippen LogP contribution in [-0.4, -0.2) is 27.3 Å². The van der Waals surface area contributed by atoms with Crippen molar-refractivity contribution < 1.29 is 15.3 Å². The number of phenolic OH excluding ortho intramolecular Hbond substituents is 1. The fraction of sp³-hybridized carbons (Fsp3) is 0.400. The van der Waals surface area contributed by atoms with Gasteiger partial charge in [0.2, 0.25) is 0 Å². The van der Waals surface area contributed by atoms with Crippen LogP contribution in [0.2, 0.25) is 0 Å². The molecule has 0 fully saturated rings. The molecule has 0 spiro atoms. The molecule has 5 heteroatoms. The van der Waals surface area contributed by atoms with E-state index in [0.717, 1.165) is 0 Å². The maximum absolute atomic E-state index is 9.71. The summed E-state index contributed by atoms with van der Waals surface area (Å²) in [5.74, 6) is 0.209. The molecule has 0 amide bonds. The maximum Gasteiger partial charge on any atom is 0.122 e. The van der Waals surface area contributed by atoms with Crippen molar-refractivity contribution in [3.63, 3.8) is 0 Å². The third-order valence-corrected chi connectivity index (χ3v) is 2.79. The standard InChI is InChI=1S/C10H12BrClO3/c11-6-1-2-7(9(14)5-6)10(15)8(13)3-4-12/h1-2,5,8,10,13-15H,3-4H2. The smallest absolute Gasteiger partial charge is 0.122 e. The summed E-state index contributed by atoms with van der Waals surface area (Å²) in [6.07, 6.45) is -1.80. The van der Waals surface area contributed by atoms with E-state index in [0.29, 0.717) is 10.0 Å². The number of phenols is 1. The van der Waals surface area contributed by atoms with Gasteiger partial charge in [-0.1, -0.05) is 22.0 Å². The van der Waals surface area contributed by atoms with Crippen LogP contribution in [0.5, 0.6) is 5.75 Å². The summed E-state index contributed by atoms with van der Waals surface area (Å²) < 4.78 is 0.711. The Hall–Kier alpha value is -0.290. The van der Waals surface area contributed by atoms with E-state index in [9.17, 15) is 15.3 Å². The molecule has 3 nitrogen and oxygen atoms in total. The van der Waals surface area contributed by atoms with Crippen LogP contribution in [0.15, 0.2) is 22.7 Å². The summed E-state index contributed by atoms with van der Waals surface area (Å²) in [6, 6.07) is 4.71. The summed E-state index contributed by atoms with van der Waals surface area (Å²) in [6.45, 7) is 0. The fourth-order valence-corrected chi connectivity index (χ4v) is 1.82. The van der Waals surface area contributed by atoms with E-state index in [4.69, 9.17) is 11.6 Å². The zero-order valence-corrected chi connectivity index (χ0v) is 10.2. The molecular formula is C10H12BrClO3. The molecule has 2 unspecified atom stereocenters. The molecule has 2 atom stereocenters. The molecule has 0 aliphatic carbocycles. The molecule has 1 aromatic carbocycles. The first-order valence-electron chi connectivity index (χ1n) is 4.46. The van der Waals surface area contributed by atoms with Crippen molar-refractivity contribution in [2.75, 3.05) is 5.88 Å². The Bertz CT molecular complexity index is 332. The van der Waals surface area contributed by atoms with Gasteiger partial charge in [0.15, 0.2) is 0 Å². The highest BCUT2D eigenvalue weighted by molar-refractivity contribution is 9.10. The SMILES string of the molecule is Oc1cc(Br)ccc1C(O)C(O)CCCl. The van der Waals surface area contributed by atoms with E-state index in [1.54, 1.807) is 12.1 Å². The van der Waals surface area contributed by atoms with Gasteiger partial charge >= 0.3 is 0 Å². The molecule has 0 aliphatic rings. The van der Waals surface area contributed by atoms with E-state index < -0.39 is 12.2 Å². The number of hydrogen-bond acceptors (Lipinski definition) is 3. The predicted octanol–water partition coefficient (Wildman–Crippen LogP) is 2.18. The molecule has 0 saturated carbocycles. The lowest BCUT2D eigenvalue weighted by atomic mass is 10.0. The van der Waals surface area contributed by atoms with Crippen LogP contribution >= 0.6 is 27.5 Å². The van der Waals surface area contributed by atoms with Crippen molar-refractivity contribution in [1.29, 1.82) is 0 Å². The minimum Gasteiger partial charge on any atom is -0.508 e. The van der Waals surface area contributed by atoms with Crippen LogP contribution in [0, 0.1) is 0 Å². The van der Waals surface area contributed by atoms with E-state index in [-0.39, 0.29) is 18.1 Å². The number of aromatic hydroxyl groups is 1. The van der Waals surface area contributed by atoms with E-state index in [2.05, 4.69) is 15.9 Å². The van der Waals surface area contributed by atoms with Crippen LogP contribution in [0.4, 0.5) is 0 Å². The van der Waals surface area contributed by atoms with Crippen LogP contribution in [0.3, 0.4) is 0 Å². The highest BCUT2D eigenvalue weighted by atomic mass is 79.9. The molecule has 0 bridgehead atoms. The van der Waals surface area contributed by atoms with Gasteiger partial charge in [-0.2, -0.15) is 0 Å². The highest BCUT2D eigenvalue weighted by Crippen LogP contribution is 2.30. The summed E-state index contributed by atoms with van der Waals surface area (Å²) in [5, 5.41) is 28.8. The third-order valence-electron chi connectivity index (χ3n) is 2.08. The highest BCUT2D eigenvalue weighted by Gasteiger charge is 2.20. The molecule has 0 radical (unpaired) electrons. The summed E-state index contributed by atoms with van der Waals surface area (Å²) >= 11 is 8.64. The maximum atomic E-state index is 9.71. The molecule has 1 rings (SSSR count). The summed E-state index contributed by atoms with van der Waals surface area (Å²) in [5.41, 5.74) is 0.302. The van der Waals surface area contributed by atoms with Crippen LogP contribution in [0.25, 0.3) is 0 Å². The second-order valence-corrected chi connectivity index (χ2v) is 4.49. The topological polar surface area (TPSA) is 60.7 Å². The van der Waals surface area contributed by atoms with E-state index in [1.807, 2.05) is 0 Å². The van der Waals surface area contributed by atoms with Gasteiger partial charge in [-0.25, -0.2) is 0 Å². The second-order valence-electron chi connectivity index (χ2n) is 3.19. The Kier molecular flexibility index (Phi) is 4.86. The minimum absolute atomic E-state index is 0.0505. The van der Waals surface area contributed by atoms with Crippen molar-refractivity contribution in [3.8, 4) is 5.75 Å². The number of hydrogen-bond donors (Lipinski definition) is 3. The third kappa shape index (κ3) is 3.34. The zero-order chi connectivity index (χ0) is 11.4. The van der Waals surface area contributed by atoms with Crippen molar-refractivity contribution in [3.05, 3.63) is 28.2 Å². The Labute approximate surface area is 101 Å². The molecule has 15 heavy (non-hydrogen) atoms. The monoisotopic (exact) mass is 294 g/mol. The second kappa shape index (κ2) is 5.70. The molecule has 0 aliphatic heterocycles. The first kappa shape index (κ1) is 12.8. The van der Waals surface area contributed by atoms with Crippen molar-refractivity contribution in [2.24, 2.45) is 0 Å². The van der Waals surface area contributed by atoms with Gasteiger partial charge in [-0.15, -0.1) is 11.6 Å². The van der Waals surface area contributed by atoms with Gasteiger partial charge in [-0.3, -0.25) is 0 Å².